The third-order valence-electron chi connectivity index (χ3n) is 2.32. The fourth-order valence-corrected chi connectivity index (χ4v) is 1.57. The molecule has 2 atom stereocenters. The van der Waals surface area contributed by atoms with Crippen LogP contribution in [0.4, 0.5) is 0 Å². The Bertz CT molecular complexity index is 252. The molecule has 1 aliphatic rings. The van der Waals surface area contributed by atoms with Gasteiger partial charge in [0, 0.05) is 30.9 Å². The van der Waals surface area contributed by atoms with Gasteiger partial charge in [0.15, 0.2) is 6.29 Å². The quantitative estimate of drug-likeness (QED) is 0.364. The van der Waals surface area contributed by atoms with Gasteiger partial charge >= 0.3 is 5.97 Å². The number of rotatable bonds is 4. The molecule has 0 aromatic heterocycles. The summed E-state index contributed by atoms with van der Waals surface area (Å²) in [5.41, 5.74) is 0. The summed E-state index contributed by atoms with van der Waals surface area (Å²) in [6.07, 6.45) is 2.89. The van der Waals surface area contributed by atoms with Gasteiger partial charge in [0.25, 0.3) is 0 Å². The number of carbonyl (C=O) groups is 1. The van der Waals surface area contributed by atoms with E-state index in [4.69, 9.17) is 9.47 Å². The molecule has 0 saturated carbocycles. The molecule has 1 fully saturated rings. The van der Waals surface area contributed by atoms with Crippen LogP contribution in [0.25, 0.3) is 0 Å². The average Bonchev–Trinajstić information content (AvgIpc) is 2.08. The fourth-order valence-electron chi connectivity index (χ4n) is 1.57. The van der Waals surface area contributed by atoms with E-state index >= 15 is 0 Å². The summed E-state index contributed by atoms with van der Waals surface area (Å²) in [5.74, 6) is -1.98. The summed E-state index contributed by atoms with van der Waals surface area (Å²) >= 11 is 0. The molecule has 2 unspecified atom stereocenters. The average molecular weight is 269 g/mol. The summed E-state index contributed by atoms with van der Waals surface area (Å²) in [6, 6.07) is 0. The van der Waals surface area contributed by atoms with E-state index in [2.05, 4.69) is 6.58 Å². The maximum Gasteiger partial charge on any atom is 0.316 e. The van der Waals surface area contributed by atoms with Crippen molar-refractivity contribution in [2.45, 2.75) is 45.2 Å². The summed E-state index contributed by atoms with van der Waals surface area (Å²) in [5, 5.41) is 9.63. The molecule has 1 radical (unpaired) electrons. The Labute approximate surface area is 106 Å². The van der Waals surface area contributed by atoms with Crippen LogP contribution in [0.3, 0.4) is 0 Å². The van der Waals surface area contributed by atoms with Gasteiger partial charge < -0.3 is 14.6 Å². The van der Waals surface area contributed by atoms with Crippen LogP contribution in [0.1, 0.15) is 33.1 Å². The van der Waals surface area contributed by atoms with Crippen LogP contribution in [-0.2, 0) is 31.3 Å². The molecule has 0 spiro atoms. The van der Waals surface area contributed by atoms with E-state index < -0.39 is 18.0 Å². The van der Waals surface area contributed by atoms with Crippen molar-refractivity contribution in [1.29, 1.82) is 0 Å². The van der Waals surface area contributed by atoms with Crippen LogP contribution in [0.2, 0.25) is 0 Å². The molecule has 1 heterocycles. The van der Waals surface area contributed by atoms with Gasteiger partial charge in [0.2, 0.25) is 5.79 Å². The second-order valence-corrected chi connectivity index (χ2v) is 4.16. The minimum atomic E-state index is -1.06. The van der Waals surface area contributed by atoms with Crippen LogP contribution >= 0.6 is 0 Å². The molecule has 1 saturated heterocycles. The monoisotopic (exact) mass is 269 g/mol. The van der Waals surface area contributed by atoms with Crippen molar-refractivity contribution in [2.24, 2.45) is 5.92 Å². The molecule has 0 aromatic rings. The topological polar surface area (TPSA) is 55.8 Å². The number of aliphatic hydroxyl groups excluding tert-OH is 1. The van der Waals surface area contributed by atoms with Gasteiger partial charge in [0.05, 0.1) is 0 Å². The largest absolute Gasteiger partial charge is 0.433 e. The predicted octanol–water partition coefficient (Wildman–Crippen LogP) is 1.58. The van der Waals surface area contributed by atoms with Crippen molar-refractivity contribution in [1.82, 2.24) is 0 Å². The van der Waals surface area contributed by atoms with Crippen molar-refractivity contribution in [2.75, 3.05) is 0 Å². The van der Waals surface area contributed by atoms with Crippen molar-refractivity contribution in [3.05, 3.63) is 12.7 Å². The Hall–Kier alpha value is -0.351. The second-order valence-electron chi connectivity index (χ2n) is 4.16. The fraction of sp³-hybridized carbons (Fsp3) is 0.727. The zero-order valence-electron chi connectivity index (χ0n) is 9.61. The first kappa shape index (κ1) is 15.6. The SMILES string of the molecule is C=CCCCC1C(=O)OC(C)(C)OC1O.[Mn]. The first-order valence-corrected chi connectivity index (χ1v) is 5.16. The molecule has 4 nitrogen and oxygen atoms in total. The maximum atomic E-state index is 11.5. The number of hydrogen-bond donors (Lipinski definition) is 1. The van der Waals surface area contributed by atoms with Crippen molar-refractivity contribution in [3.8, 4) is 0 Å². The van der Waals surface area contributed by atoms with Gasteiger partial charge in [-0.25, -0.2) is 0 Å². The van der Waals surface area contributed by atoms with Crippen LogP contribution in [0.5, 0.6) is 0 Å². The molecular formula is C11H18MnO4. The summed E-state index contributed by atoms with van der Waals surface area (Å²) in [7, 11) is 0. The van der Waals surface area contributed by atoms with E-state index in [9.17, 15) is 9.90 Å². The maximum absolute atomic E-state index is 11.5. The molecule has 5 heteroatoms. The Balaban J connectivity index is 0.00000225. The van der Waals surface area contributed by atoms with Crippen LogP contribution in [0.15, 0.2) is 12.7 Å². The first-order valence-electron chi connectivity index (χ1n) is 5.16. The summed E-state index contributed by atoms with van der Waals surface area (Å²) < 4.78 is 10.2. The van der Waals surface area contributed by atoms with Gasteiger partial charge in [0.1, 0.15) is 5.92 Å². The number of unbranched alkanes of at least 4 members (excludes halogenated alkanes) is 1. The number of allylic oxidation sites excluding steroid dienone is 1. The van der Waals surface area contributed by atoms with Gasteiger partial charge in [-0.3, -0.25) is 4.79 Å². The Morgan fingerprint density at radius 3 is 2.69 bits per heavy atom. The number of esters is 1. The molecule has 0 amide bonds. The Morgan fingerprint density at radius 2 is 2.19 bits per heavy atom. The molecule has 93 valence electrons. The molecule has 1 N–H and O–H groups in total. The van der Waals surface area contributed by atoms with E-state index in [1.165, 1.54) is 0 Å². The number of carbonyl (C=O) groups excluding carboxylic acids is 1. The zero-order chi connectivity index (χ0) is 11.5. The van der Waals surface area contributed by atoms with Crippen molar-refractivity contribution in [3.63, 3.8) is 0 Å². The molecule has 0 aliphatic carbocycles. The Morgan fingerprint density at radius 1 is 1.56 bits per heavy atom. The van der Waals surface area contributed by atoms with Crippen LogP contribution < -0.4 is 0 Å². The number of cyclic esters (lactones) is 1. The third kappa shape index (κ3) is 4.26. The van der Waals surface area contributed by atoms with Crippen molar-refractivity contribution >= 4 is 5.97 Å². The first-order chi connectivity index (χ1) is 6.96. The van der Waals surface area contributed by atoms with Crippen molar-refractivity contribution < 1.29 is 36.4 Å². The van der Waals surface area contributed by atoms with E-state index in [0.717, 1.165) is 12.8 Å². The molecule has 0 bridgehead atoms. The van der Waals surface area contributed by atoms with Crippen LogP contribution in [0, 0.1) is 5.92 Å². The zero-order valence-corrected chi connectivity index (χ0v) is 10.8. The van der Waals surface area contributed by atoms with E-state index in [1.54, 1.807) is 19.9 Å². The van der Waals surface area contributed by atoms with Gasteiger partial charge in [-0.1, -0.05) is 6.08 Å². The number of aliphatic hydroxyl groups is 1. The summed E-state index contributed by atoms with van der Waals surface area (Å²) in [4.78, 5) is 11.5. The smallest absolute Gasteiger partial charge is 0.316 e. The van der Waals surface area contributed by atoms with Gasteiger partial charge in [-0.05, 0) is 19.3 Å². The minimum Gasteiger partial charge on any atom is -0.433 e. The van der Waals surface area contributed by atoms with Gasteiger partial charge in [-0.2, -0.15) is 0 Å². The standard InChI is InChI=1S/C11H18O4.Mn/c1-4-5-6-7-8-9(12)14-11(2,3)15-10(8)13;/h4,8-9,12H,1,5-7H2,2-3H3;. The normalized spacial score (nSPS) is 27.8. The molecule has 1 aliphatic heterocycles. The van der Waals surface area contributed by atoms with Gasteiger partial charge in [-0.15, -0.1) is 6.58 Å². The molecule has 0 aromatic carbocycles. The molecule has 1 rings (SSSR count). The van der Waals surface area contributed by atoms with E-state index in [-0.39, 0.29) is 23.0 Å². The van der Waals surface area contributed by atoms with Crippen LogP contribution in [-0.4, -0.2) is 23.2 Å². The second kappa shape index (κ2) is 6.40. The molecule has 16 heavy (non-hydrogen) atoms. The Kier molecular flexibility index (Phi) is 6.26. The number of hydrogen-bond acceptors (Lipinski definition) is 4. The third-order valence-corrected chi connectivity index (χ3v) is 2.32. The molecular weight excluding hydrogens is 251 g/mol. The van der Waals surface area contributed by atoms with E-state index in [1.807, 2.05) is 0 Å². The number of ether oxygens (including phenoxy) is 2. The van der Waals surface area contributed by atoms with E-state index in [0.29, 0.717) is 6.42 Å². The summed E-state index contributed by atoms with van der Waals surface area (Å²) in [6.45, 7) is 6.81. The predicted molar refractivity (Wildman–Crippen MR) is 54.8 cm³/mol. The minimum absolute atomic E-state index is 0.